The number of hydrogen-bond donors (Lipinski definition) is 0. The molecule has 4 heteroatoms. The van der Waals surface area contributed by atoms with Gasteiger partial charge in [-0.25, -0.2) is 0 Å². The van der Waals surface area contributed by atoms with E-state index in [4.69, 9.17) is 9.47 Å². The van der Waals surface area contributed by atoms with Gasteiger partial charge in [0.2, 0.25) is 5.91 Å². The molecule has 4 nitrogen and oxygen atoms in total. The minimum Gasteiger partial charge on any atom is -0.497 e. The molecule has 1 atom stereocenters. The lowest BCUT2D eigenvalue weighted by Gasteiger charge is -2.17. The van der Waals surface area contributed by atoms with E-state index >= 15 is 0 Å². The zero-order valence-corrected chi connectivity index (χ0v) is 11.4. The fraction of sp³-hybridized carbons (Fsp3) is 0.400. The molecule has 0 aliphatic carbocycles. The highest BCUT2D eigenvalue weighted by molar-refractivity contribution is 5.79. The molecular weight excluding hydrogens is 242 g/mol. The molecule has 1 heterocycles. The third-order valence-electron chi connectivity index (χ3n) is 3.36. The Bertz CT molecular complexity index is 462. The molecule has 0 aromatic heterocycles. The molecule has 1 fully saturated rings. The van der Waals surface area contributed by atoms with Crippen molar-refractivity contribution in [3.63, 3.8) is 0 Å². The Morgan fingerprint density at radius 2 is 1.95 bits per heavy atom. The molecule has 19 heavy (non-hydrogen) atoms. The van der Waals surface area contributed by atoms with Gasteiger partial charge in [0.15, 0.2) is 0 Å². The predicted octanol–water partition coefficient (Wildman–Crippen LogP) is 2.24. The molecule has 1 aromatic carbocycles. The Labute approximate surface area is 113 Å². The molecule has 2 rings (SSSR count). The summed E-state index contributed by atoms with van der Waals surface area (Å²) < 4.78 is 10.5. The second-order valence-corrected chi connectivity index (χ2v) is 4.70. The quantitative estimate of drug-likeness (QED) is 0.763. The van der Waals surface area contributed by atoms with E-state index in [1.54, 1.807) is 14.2 Å². The van der Waals surface area contributed by atoms with Gasteiger partial charge in [-0.1, -0.05) is 6.08 Å². The normalized spacial score (nSPS) is 18.5. The maximum absolute atomic E-state index is 11.9. The molecular formula is C15H19NO3. The van der Waals surface area contributed by atoms with Crippen LogP contribution in [0.15, 0.2) is 30.9 Å². The van der Waals surface area contributed by atoms with Crippen molar-refractivity contribution in [1.29, 1.82) is 0 Å². The Balaban J connectivity index is 2.14. The zero-order chi connectivity index (χ0) is 13.8. The summed E-state index contributed by atoms with van der Waals surface area (Å²) in [7, 11) is 3.24. The summed E-state index contributed by atoms with van der Waals surface area (Å²) in [5, 5.41) is 0. The van der Waals surface area contributed by atoms with E-state index in [2.05, 4.69) is 6.58 Å². The highest BCUT2D eigenvalue weighted by Gasteiger charge is 2.27. The molecule has 0 spiro atoms. The highest BCUT2D eigenvalue weighted by atomic mass is 16.5. The van der Waals surface area contributed by atoms with Gasteiger partial charge in [-0.15, -0.1) is 6.58 Å². The number of benzene rings is 1. The van der Waals surface area contributed by atoms with Crippen molar-refractivity contribution in [2.45, 2.75) is 13.0 Å². The number of nitrogens with zero attached hydrogens (tertiary/aromatic N) is 1. The molecule has 102 valence electrons. The van der Waals surface area contributed by atoms with Crippen LogP contribution in [0.25, 0.3) is 0 Å². The minimum absolute atomic E-state index is 0.173. The standard InChI is InChI=1S/C15H19NO3/c1-4-11-7-15(17)16(9-11)10-12-5-13(18-2)8-14(6-12)19-3/h4-6,8,11H,1,7,9-10H2,2-3H3. The van der Waals surface area contributed by atoms with E-state index < -0.39 is 0 Å². The van der Waals surface area contributed by atoms with Crippen molar-refractivity contribution in [3.05, 3.63) is 36.4 Å². The van der Waals surface area contributed by atoms with Crippen molar-refractivity contribution < 1.29 is 14.3 Å². The van der Waals surface area contributed by atoms with Gasteiger partial charge in [-0.2, -0.15) is 0 Å². The van der Waals surface area contributed by atoms with Crippen LogP contribution < -0.4 is 9.47 Å². The Kier molecular flexibility index (Phi) is 4.10. The molecule has 1 aliphatic rings. The lowest BCUT2D eigenvalue weighted by molar-refractivity contribution is -0.128. The summed E-state index contributed by atoms with van der Waals surface area (Å²) in [5.41, 5.74) is 1.01. The van der Waals surface area contributed by atoms with E-state index in [0.29, 0.717) is 13.0 Å². The second kappa shape index (κ2) is 5.78. The molecule has 1 unspecified atom stereocenters. The van der Waals surface area contributed by atoms with Crippen LogP contribution in [-0.2, 0) is 11.3 Å². The van der Waals surface area contributed by atoms with Crippen molar-refractivity contribution >= 4 is 5.91 Å². The van der Waals surface area contributed by atoms with Gasteiger partial charge in [-0.05, 0) is 17.7 Å². The zero-order valence-electron chi connectivity index (χ0n) is 11.4. The fourth-order valence-electron chi connectivity index (χ4n) is 2.29. The molecule has 0 N–H and O–H groups in total. The van der Waals surface area contributed by atoms with Crippen LogP contribution in [0.2, 0.25) is 0 Å². The van der Waals surface area contributed by atoms with Gasteiger partial charge in [0.25, 0.3) is 0 Å². The Hall–Kier alpha value is -1.97. The number of likely N-dealkylation sites (tertiary alicyclic amines) is 1. The van der Waals surface area contributed by atoms with Crippen LogP contribution in [0.5, 0.6) is 11.5 Å². The molecule has 0 saturated carbocycles. The summed E-state index contributed by atoms with van der Waals surface area (Å²) in [6.07, 6.45) is 2.41. The Morgan fingerprint density at radius 1 is 1.32 bits per heavy atom. The van der Waals surface area contributed by atoms with E-state index in [1.165, 1.54) is 0 Å². The third-order valence-corrected chi connectivity index (χ3v) is 3.36. The van der Waals surface area contributed by atoms with Gasteiger partial charge in [0.05, 0.1) is 14.2 Å². The maximum Gasteiger partial charge on any atom is 0.223 e. The van der Waals surface area contributed by atoms with E-state index in [9.17, 15) is 4.79 Å². The first-order valence-electron chi connectivity index (χ1n) is 6.28. The first-order valence-corrected chi connectivity index (χ1v) is 6.28. The number of ether oxygens (including phenoxy) is 2. The number of carbonyl (C=O) groups is 1. The summed E-state index contributed by atoms with van der Waals surface area (Å²) >= 11 is 0. The minimum atomic E-state index is 0.173. The first kappa shape index (κ1) is 13.5. The molecule has 1 aromatic rings. The van der Waals surface area contributed by atoms with Crippen LogP contribution in [0.3, 0.4) is 0 Å². The maximum atomic E-state index is 11.9. The van der Waals surface area contributed by atoms with Gasteiger partial charge in [0, 0.05) is 31.5 Å². The number of amides is 1. The van der Waals surface area contributed by atoms with Crippen LogP contribution in [-0.4, -0.2) is 31.6 Å². The number of rotatable bonds is 5. The molecule has 1 saturated heterocycles. The lowest BCUT2D eigenvalue weighted by Crippen LogP contribution is -2.24. The summed E-state index contributed by atoms with van der Waals surface area (Å²) in [6.45, 7) is 5.07. The smallest absolute Gasteiger partial charge is 0.223 e. The van der Waals surface area contributed by atoms with Gasteiger partial charge >= 0.3 is 0 Å². The van der Waals surface area contributed by atoms with E-state index in [-0.39, 0.29) is 11.8 Å². The van der Waals surface area contributed by atoms with Crippen molar-refractivity contribution in [3.8, 4) is 11.5 Å². The van der Waals surface area contributed by atoms with E-state index in [1.807, 2.05) is 29.2 Å². The van der Waals surface area contributed by atoms with Crippen molar-refractivity contribution in [2.75, 3.05) is 20.8 Å². The highest BCUT2D eigenvalue weighted by Crippen LogP contribution is 2.26. The second-order valence-electron chi connectivity index (χ2n) is 4.70. The topological polar surface area (TPSA) is 38.8 Å². The summed E-state index contributed by atoms with van der Waals surface area (Å²) in [6, 6.07) is 5.68. The summed E-state index contributed by atoms with van der Waals surface area (Å²) in [4.78, 5) is 13.7. The molecule has 1 aliphatic heterocycles. The average molecular weight is 261 g/mol. The van der Waals surface area contributed by atoms with Crippen molar-refractivity contribution in [2.24, 2.45) is 5.92 Å². The number of methoxy groups -OCH3 is 2. The monoisotopic (exact) mass is 261 g/mol. The van der Waals surface area contributed by atoms with Crippen LogP contribution in [0.4, 0.5) is 0 Å². The Morgan fingerprint density at radius 3 is 2.42 bits per heavy atom. The van der Waals surface area contributed by atoms with Crippen LogP contribution in [0.1, 0.15) is 12.0 Å². The van der Waals surface area contributed by atoms with Crippen molar-refractivity contribution in [1.82, 2.24) is 4.90 Å². The fourth-order valence-corrected chi connectivity index (χ4v) is 2.29. The van der Waals surface area contributed by atoms with Gasteiger partial charge in [0.1, 0.15) is 11.5 Å². The molecule has 0 bridgehead atoms. The van der Waals surface area contributed by atoms with Gasteiger partial charge < -0.3 is 14.4 Å². The van der Waals surface area contributed by atoms with Crippen LogP contribution >= 0.6 is 0 Å². The molecule has 0 radical (unpaired) electrons. The van der Waals surface area contributed by atoms with Crippen LogP contribution in [0, 0.1) is 5.92 Å². The SMILES string of the molecule is C=CC1CC(=O)N(Cc2cc(OC)cc(OC)c2)C1. The first-order chi connectivity index (χ1) is 9.16. The average Bonchev–Trinajstić information content (AvgIpc) is 2.79. The predicted molar refractivity (Wildman–Crippen MR) is 73.3 cm³/mol. The lowest BCUT2D eigenvalue weighted by atomic mass is 10.1. The summed E-state index contributed by atoms with van der Waals surface area (Å²) in [5.74, 6) is 1.91. The third kappa shape index (κ3) is 3.08. The number of carbonyl (C=O) groups excluding carboxylic acids is 1. The van der Waals surface area contributed by atoms with E-state index in [0.717, 1.165) is 23.6 Å². The largest absolute Gasteiger partial charge is 0.497 e. The molecule has 1 amide bonds. The number of hydrogen-bond acceptors (Lipinski definition) is 3. The van der Waals surface area contributed by atoms with Gasteiger partial charge in [-0.3, -0.25) is 4.79 Å².